The third-order valence-corrected chi connectivity index (χ3v) is 7.10. The van der Waals surface area contributed by atoms with Crippen molar-refractivity contribution in [3.63, 3.8) is 0 Å². The lowest BCUT2D eigenvalue weighted by atomic mass is 9.83. The van der Waals surface area contributed by atoms with Crippen molar-refractivity contribution < 1.29 is 0 Å². The number of fused-ring (bicyclic) bond motifs is 2. The van der Waals surface area contributed by atoms with E-state index in [4.69, 9.17) is 0 Å². The van der Waals surface area contributed by atoms with Crippen LogP contribution in [0.15, 0.2) is 0 Å². The molecule has 0 aromatic carbocycles. The molecule has 0 spiro atoms. The molecule has 3 aliphatic carbocycles. The molecule has 2 nitrogen and oxygen atoms in total. The van der Waals surface area contributed by atoms with Crippen LogP contribution < -0.4 is 10.6 Å². The number of rotatable bonds is 4. The van der Waals surface area contributed by atoms with Crippen molar-refractivity contribution in [1.29, 1.82) is 0 Å². The maximum absolute atomic E-state index is 4.09. The fourth-order valence-corrected chi connectivity index (χ4v) is 6.12. The van der Waals surface area contributed by atoms with E-state index in [2.05, 4.69) is 17.6 Å². The Bertz CT molecular complexity index is 336. The minimum atomic E-state index is 0.761. The first-order chi connectivity index (χ1) is 9.81. The van der Waals surface area contributed by atoms with Crippen LogP contribution in [0.1, 0.15) is 64.7 Å². The maximum atomic E-state index is 4.09. The van der Waals surface area contributed by atoms with E-state index >= 15 is 0 Å². The molecule has 3 saturated carbocycles. The summed E-state index contributed by atoms with van der Waals surface area (Å²) in [4.78, 5) is 0. The smallest absolute Gasteiger partial charge is 0.0113 e. The summed E-state index contributed by atoms with van der Waals surface area (Å²) < 4.78 is 0. The zero-order chi connectivity index (χ0) is 13.5. The summed E-state index contributed by atoms with van der Waals surface area (Å²) in [5.41, 5.74) is 0. The van der Waals surface area contributed by atoms with E-state index in [1.54, 1.807) is 6.42 Å². The Balaban J connectivity index is 1.35. The van der Waals surface area contributed by atoms with Crippen LogP contribution in [-0.2, 0) is 0 Å². The Morgan fingerprint density at radius 2 is 1.95 bits per heavy atom. The lowest BCUT2D eigenvalue weighted by Gasteiger charge is -2.34. The van der Waals surface area contributed by atoms with Crippen LogP contribution in [-0.4, -0.2) is 24.7 Å². The molecule has 4 fully saturated rings. The van der Waals surface area contributed by atoms with Gasteiger partial charge in [0.2, 0.25) is 0 Å². The summed E-state index contributed by atoms with van der Waals surface area (Å²) in [6.07, 6.45) is 13.3. The van der Waals surface area contributed by atoms with Crippen molar-refractivity contribution in [2.45, 2.75) is 82.8 Å². The molecule has 2 N–H and O–H groups in total. The number of hydrogen-bond acceptors (Lipinski definition) is 2. The highest BCUT2D eigenvalue weighted by Gasteiger charge is 2.43. The Morgan fingerprint density at radius 1 is 1.00 bits per heavy atom. The van der Waals surface area contributed by atoms with Crippen LogP contribution in [0, 0.1) is 23.7 Å². The maximum Gasteiger partial charge on any atom is 0.0113 e. The normalized spacial score (nSPS) is 49.0. The molecule has 2 heteroatoms. The Kier molecular flexibility index (Phi) is 3.80. The van der Waals surface area contributed by atoms with Gasteiger partial charge in [0, 0.05) is 18.1 Å². The molecule has 4 aliphatic rings. The van der Waals surface area contributed by atoms with Gasteiger partial charge in [0.1, 0.15) is 0 Å². The fourth-order valence-electron chi connectivity index (χ4n) is 6.12. The average Bonchev–Trinajstić information content (AvgIpc) is 3.22. The van der Waals surface area contributed by atoms with Gasteiger partial charge in [-0.1, -0.05) is 12.8 Å². The lowest BCUT2D eigenvalue weighted by molar-refractivity contribution is 0.219. The first-order valence-corrected chi connectivity index (χ1v) is 9.30. The van der Waals surface area contributed by atoms with Crippen LogP contribution in [0.3, 0.4) is 0 Å². The van der Waals surface area contributed by atoms with Crippen LogP contribution in [0.4, 0.5) is 0 Å². The average molecular weight is 276 g/mol. The van der Waals surface area contributed by atoms with E-state index in [0.29, 0.717) is 0 Å². The number of nitrogens with one attached hydrogen (secondary N) is 2. The topological polar surface area (TPSA) is 24.1 Å². The molecule has 0 aromatic heterocycles. The molecular weight excluding hydrogens is 244 g/mol. The summed E-state index contributed by atoms with van der Waals surface area (Å²) in [6, 6.07) is 2.39. The molecule has 20 heavy (non-hydrogen) atoms. The monoisotopic (exact) mass is 276 g/mol. The molecule has 114 valence electrons. The summed E-state index contributed by atoms with van der Waals surface area (Å²) in [7, 11) is 0. The molecule has 0 aromatic rings. The SMILES string of the molecule is CC(NC1CCCC1C1CCCN1)C1CC2CCC1C2. The van der Waals surface area contributed by atoms with Gasteiger partial charge in [-0.15, -0.1) is 0 Å². The minimum absolute atomic E-state index is 0.761. The van der Waals surface area contributed by atoms with Crippen LogP contribution in [0.2, 0.25) is 0 Å². The molecule has 1 aliphatic heterocycles. The molecular formula is C18H32N2. The van der Waals surface area contributed by atoms with Crippen molar-refractivity contribution in [1.82, 2.24) is 10.6 Å². The van der Waals surface area contributed by atoms with Gasteiger partial charge in [-0.2, -0.15) is 0 Å². The Morgan fingerprint density at radius 3 is 2.65 bits per heavy atom. The molecule has 1 heterocycles. The van der Waals surface area contributed by atoms with Gasteiger partial charge >= 0.3 is 0 Å². The highest BCUT2D eigenvalue weighted by atomic mass is 15.0. The van der Waals surface area contributed by atoms with E-state index in [9.17, 15) is 0 Å². The zero-order valence-electron chi connectivity index (χ0n) is 13.1. The molecule has 0 amide bonds. The molecule has 0 radical (unpaired) electrons. The van der Waals surface area contributed by atoms with Gasteiger partial charge < -0.3 is 10.6 Å². The second-order valence-electron chi connectivity index (χ2n) is 8.20. The van der Waals surface area contributed by atoms with Gasteiger partial charge in [0.25, 0.3) is 0 Å². The third-order valence-electron chi connectivity index (χ3n) is 7.10. The van der Waals surface area contributed by atoms with Crippen molar-refractivity contribution in [3.05, 3.63) is 0 Å². The summed E-state index contributed by atoms with van der Waals surface area (Å²) >= 11 is 0. The van der Waals surface area contributed by atoms with E-state index in [0.717, 1.165) is 41.8 Å². The van der Waals surface area contributed by atoms with Crippen LogP contribution >= 0.6 is 0 Å². The predicted molar refractivity (Wildman–Crippen MR) is 83.7 cm³/mol. The van der Waals surface area contributed by atoms with Gasteiger partial charge in [-0.25, -0.2) is 0 Å². The third kappa shape index (κ3) is 2.43. The standard InChI is InChI=1S/C18H32N2/c1-12(16-11-13-7-8-14(16)10-13)20-18-5-2-4-15(18)17-6-3-9-19-17/h12-20H,2-11H2,1H3. The van der Waals surface area contributed by atoms with Crippen molar-refractivity contribution in [2.24, 2.45) is 23.7 Å². The molecule has 7 atom stereocenters. The van der Waals surface area contributed by atoms with Crippen molar-refractivity contribution in [3.8, 4) is 0 Å². The van der Waals surface area contributed by atoms with Gasteiger partial charge in [0.15, 0.2) is 0 Å². The van der Waals surface area contributed by atoms with Gasteiger partial charge in [-0.05, 0) is 82.1 Å². The molecule has 7 unspecified atom stereocenters. The van der Waals surface area contributed by atoms with E-state index in [1.165, 1.54) is 57.9 Å². The first-order valence-electron chi connectivity index (χ1n) is 9.30. The summed E-state index contributed by atoms with van der Waals surface area (Å²) in [5.74, 6) is 4.06. The molecule has 4 rings (SSSR count). The lowest BCUT2D eigenvalue weighted by Crippen LogP contribution is -2.48. The van der Waals surface area contributed by atoms with Crippen LogP contribution in [0.25, 0.3) is 0 Å². The minimum Gasteiger partial charge on any atom is -0.314 e. The second-order valence-corrected chi connectivity index (χ2v) is 8.20. The number of hydrogen-bond donors (Lipinski definition) is 2. The van der Waals surface area contributed by atoms with Crippen molar-refractivity contribution >= 4 is 0 Å². The summed E-state index contributed by atoms with van der Waals surface area (Å²) in [6.45, 7) is 3.75. The van der Waals surface area contributed by atoms with Crippen molar-refractivity contribution in [2.75, 3.05) is 6.54 Å². The first kappa shape index (κ1) is 13.6. The Labute approximate surface area is 124 Å². The highest BCUT2D eigenvalue weighted by Crippen LogP contribution is 2.49. The van der Waals surface area contributed by atoms with Crippen LogP contribution in [0.5, 0.6) is 0 Å². The Hall–Kier alpha value is -0.0800. The van der Waals surface area contributed by atoms with Gasteiger partial charge in [0.05, 0.1) is 0 Å². The summed E-state index contributed by atoms with van der Waals surface area (Å²) in [5, 5.41) is 7.85. The quantitative estimate of drug-likeness (QED) is 0.823. The fraction of sp³-hybridized carbons (Fsp3) is 1.00. The zero-order valence-corrected chi connectivity index (χ0v) is 13.1. The van der Waals surface area contributed by atoms with Gasteiger partial charge in [-0.3, -0.25) is 0 Å². The predicted octanol–water partition coefficient (Wildman–Crippen LogP) is 3.32. The molecule has 2 bridgehead atoms. The molecule has 1 saturated heterocycles. The second kappa shape index (κ2) is 5.61. The largest absolute Gasteiger partial charge is 0.314 e. The van der Waals surface area contributed by atoms with E-state index < -0.39 is 0 Å². The highest BCUT2D eigenvalue weighted by molar-refractivity contribution is 4.98. The van der Waals surface area contributed by atoms with E-state index in [-0.39, 0.29) is 0 Å². The van der Waals surface area contributed by atoms with E-state index in [1.807, 2.05) is 0 Å².